The highest BCUT2D eigenvalue weighted by Crippen LogP contribution is 2.60. The van der Waals surface area contributed by atoms with Crippen molar-refractivity contribution in [3.8, 4) is 28.2 Å². The van der Waals surface area contributed by atoms with Crippen molar-refractivity contribution in [3.63, 3.8) is 0 Å². The maximum Gasteiger partial charge on any atom is 0.337 e. The van der Waals surface area contributed by atoms with Crippen LogP contribution in [0.2, 0.25) is 5.02 Å². The first-order chi connectivity index (χ1) is 22.1. The van der Waals surface area contributed by atoms with E-state index in [1.54, 1.807) is 6.07 Å². The number of carbonyl (C=O) groups is 2. The average Bonchev–Trinajstić information content (AvgIpc) is 3.04. The van der Waals surface area contributed by atoms with Crippen LogP contribution in [0.1, 0.15) is 55.5 Å². The van der Waals surface area contributed by atoms with Crippen molar-refractivity contribution in [1.82, 2.24) is 0 Å². The number of phenolic OH excluding ortho intramolecular Hbond substituents is 1. The number of hydrogen-bond acceptors (Lipinski definition) is 7. The van der Waals surface area contributed by atoms with Crippen LogP contribution in [0.3, 0.4) is 0 Å². The number of fused-ring (bicyclic) bond motifs is 3. The van der Waals surface area contributed by atoms with Gasteiger partial charge in [-0.3, -0.25) is 4.79 Å². The predicted molar refractivity (Wildman–Crippen MR) is 167 cm³/mol. The summed E-state index contributed by atoms with van der Waals surface area (Å²) in [6.45, 7) is 1.91. The van der Waals surface area contributed by atoms with Gasteiger partial charge in [-0.25, -0.2) is 19.4 Å². The number of carboxylic acid groups (broad SMARTS) is 2. The Labute approximate surface area is 264 Å². The van der Waals surface area contributed by atoms with Gasteiger partial charge in [0.15, 0.2) is 11.2 Å². The molecule has 0 amide bonds. The first-order valence-electron chi connectivity index (χ1n) is 14.2. The van der Waals surface area contributed by atoms with Crippen LogP contribution in [-0.2, 0) is 21.0 Å². The van der Waals surface area contributed by atoms with Gasteiger partial charge in [-0.1, -0.05) is 72.3 Å². The molecule has 3 aliphatic heterocycles. The molecule has 2 aliphatic carbocycles. The van der Waals surface area contributed by atoms with Gasteiger partial charge in [0.2, 0.25) is 5.43 Å². The van der Waals surface area contributed by atoms with E-state index in [-0.39, 0.29) is 44.4 Å². The highest BCUT2D eigenvalue weighted by Gasteiger charge is 2.58. The van der Waals surface area contributed by atoms with Crippen molar-refractivity contribution in [2.24, 2.45) is 0 Å². The van der Waals surface area contributed by atoms with Gasteiger partial charge in [0.05, 0.1) is 16.1 Å². The molecule has 9 nitrogen and oxygen atoms in total. The van der Waals surface area contributed by atoms with Crippen LogP contribution in [0.15, 0.2) is 100 Å². The quantitative estimate of drug-likeness (QED) is 0.136. The fourth-order valence-corrected chi connectivity index (χ4v) is 7.19. The minimum atomic E-state index is -1.47. The molecular weight excluding hydrogens is 612 g/mol. The van der Waals surface area contributed by atoms with Gasteiger partial charge in [0.25, 0.3) is 0 Å². The number of hydrogen-bond donors (Lipinski definition) is 3. The molecule has 5 aliphatic rings. The van der Waals surface area contributed by atoms with E-state index >= 15 is 0 Å². The lowest BCUT2D eigenvalue weighted by atomic mass is 9.64. The van der Waals surface area contributed by atoms with Crippen molar-refractivity contribution in [3.05, 3.63) is 145 Å². The van der Waals surface area contributed by atoms with Crippen molar-refractivity contribution in [2.45, 2.75) is 18.1 Å². The lowest BCUT2D eigenvalue weighted by molar-refractivity contribution is -0.415. The number of aromatic hydroxyl groups is 1. The van der Waals surface area contributed by atoms with E-state index in [2.05, 4.69) is 0 Å². The largest absolute Gasteiger partial charge is 0.507 e. The number of rotatable bonds is 4. The highest BCUT2D eigenvalue weighted by atomic mass is 35.5. The van der Waals surface area contributed by atoms with Crippen LogP contribution < -0.4 is 5.43 Å². The Morgan fingerprint density at radius 3 is 2.02 bits per heavy atom. The van der Waals surface area contributed by atoms with Crippen LogP contribution in [0.25, 0.3) is 33.4 Å². The number of carboxylic acids is 2. The smallest absolute Gasteiger partial charge is 0.337 e. The molecule has 46 heavy (non-hydrogen) atoms. The van der Waals surface area contributed by atoms with Crippen molar-refractivity contribution < 1.29 is 39.1 Å². The molecule has 0 atom stereocenters. The third kappa shape index (κ3) is 3.55. The zero-order valence-corrected chi connectivity index (χ0v) is 24.6. The molecule has 0 aromatic heterocycles. The van der Waals surface area contributed by atoms with Gasteiger partial charge in [0.1, 0.15) is 17.1 Å². The van der Waals surface area contributed by atoms with E-state index in [0.29, 0.717) is 5.39 Å². The predicted octanol–water partition coefficient (Wildman–Crippen LogP) is 7.15. The first-order valence-corrected chi connectivity index (χ1v) is 14.5. The summed E-state index contributed by atoms with van der Waals surface area (Å²) in [5, 5.41) is 32.1. The Hall–Kier alpha value is -5.48. The molecule has 0 radical (unpaired) electrons. The third-order valence-corrected chi connectivity index (χ3v) is 9.32. The normalized spacial score (nSPS) is 19.6. The Morgan fingerprint density at radius 2 is 1.39 bits per heavy atom. The van der Waals surface area contributed by atoms with Crippen LogP contribution >= 0.6 is 11.6 Å². The molecule has 0 spiro atoms. The number of benzene rings is 5. The van der Waals surface area contributed by atoms with Gasteiger partial charge in [-0.15, -0.1) is 0 Å². The van der Waals surface area contributed by atoms with Gasteiger partial charge >= 0.3 is 11.9 Å². The Bertz CT molecular complexity index is 2310. The van der Waals surface area contributed by atoms with Crippen molar-refractivity contribution in [2.75, 3.05) is 0 Å². The molecule has 10 heteroatoms. The highest BCUT2D eigenvalue weighted by molar-refractivity contribution is 6.31. The molecule has 4 aromatic carbocycles. The minimum Gasteiger partial charge on any atom is -0.507 e. The summed E-state index contributed by atoms with van der Waals surface area (Å²) in [6.07, 6.45) is 0. The van der Waals surface area contributed by atoms with E-state index < -0.39 is 39.7 Å². The average molecular weight is 633 g/mol. The summed E-state index contributed by atoms with van der Waals surface area (Å²) in [5.74, 6) is -3.08. The Kier molecular flexibility index (Phi) is 5.79. The molecule has 0 fully saturated rings. The fourth-order valence-electron chi connectivity index (χ4n) is 7.03. The molecule has 9 rings (SSSR count). The SMILES string of the molecule is CC12OOC(c3cc4c(-c5cccc(C(=O)O)c5C(=O)O)c5cc(Cl)c(=O)cc-5oc4cc3O)(c3ccccc31)c1ccccc12. The maximum absolute atomic E-state index is 12.7. The molecule has 3 heterocycles. The molecule has 0 saturated carbocycles. The monoisotopic (exact) mass is 632 g/mol. The fraction of sp³-hybridized carbons (Fsp3) is 0.0833. The second-order valence-electron chi connectivity index (χ2n) is 11.4. The Balaban J connectivity index is 1.55. The maximum atomic E-state index is 12.7. The number of halogens is 1. The van der Waals surface area contributed by atoms with Crippen molar-refractivity contribution in [1.29, 1.82) is 0 Å². The van der Waals surface area contributed by atoms with E-state index in [9.17, 15) is 29.7 Å². The number of aromatic carboxylic acids is 2. The zero-order chi connectivity index (χ0) is 32.1. The van der Waals surface area contributed by atoms with E-state index in [1.165, 1.54) is 30.3 Å². The molecule has 0 unspecified atom stereocenters. The van der Waals surface area contributed by atoms with Crippen LogP contribution in [0, 0.1) is 0 Å². The zero-order valence-electron chi connectivity index (χ0n) is 23.8. The summed E-state index contributed by atoms with van der Waals surface area (Å²) < 4.78 is 6.12. The van der Waals surface area contributed by atoms with Gasteiger partial charge in [-0.2, -0.15) is 0 Å². The van der Waals surface area contributed by atoms with E-state index in [4.69, 9.17) is 25.8 Å². The van der Waals surface area contributed by atoms with Crippen LogP contribution in [0.4, 0.5) is 0 Å². The van der Waals surface area contributed by atoms with Crippen LogP contribution in [-0.4, -0.2) is 27.3 Å². The van der Waals surface area contributed by atoms with Crippen molar-refractivity contribution >= 4 is 34.5 Å². The molecule has 2 bridgehead atoms. The molecule has 0 saturated heterocycles. The molecule has 226 valence electrons. The molecular formula is C36H21ClO9. The van der Waals surface area contributed by atoms with Gasteiger partial charge in [-0.05, 0) is 41.8 Å². The van der Waals surface area contributed by atoms with E-state index in [0.717, 1.165) is 28.3 Å². The summed E-state index contributed by atoms with van der Waals surface area (Å²) in [5.41, 5.74) is 0.173. The van der Waals surface area contributed by atoms with Gasteiger partial charge in [0, 0.05) is 45.3 Å². The summed E-state index contributed by atoms with van der Waals surface area (Å²) in [4.78, 5) is 49.8. The summed E-state index contributed by atoms with van der Waals surface area (Å²) >= 11 is 6.29. The molecule has 3 N–H and O–H groups in total. The lowest BCUT2D eigenvalue weighted by Crippen LogP contribution is -2.51. The molecule has 4 aromatic rings. The lowest BCUT2D eigenvalue weighted by Gasteiger charge is -2.52. The summed E-state index contributed by atoms with van der Waals surface area (Å²) in [6, 6.07) is 24.8. The first kappa shape index (κ1) is 28.0. The minimum absolute atomic E-state index is 0.0416. The Morgan fingerprint density at radius 1 is 0.739 bits per heavy atom. The van der Waals surface area contributed by atoms with Crippen LogP contribution in [0.5, 0.6) is 5.75 Å². The third-order valence-electron chi connectivity index (χ3n) is 9.02. The summed E-state index contributed by atoms with van der Waals surface area (Å²) in [7, 11) is 0. The van der Waals surface area contributed by atoms with Gasteiger partial charge < -0.3 is 19.7 Å². The second kappa shape index (κ2) is 9.51. The standard InChI is InChI=1S/C36H21ClO9/c1-35-21-9-2-4-11-23(21)36(46-45-35,24-12-5-3-10-22(24)35)25-13-19-29(15-27(25)38)44-30-16-28(39)26(37)14-20(30)31(19)17-7-6-8-18(33(40)41)32(17)34(42)43/h2-16,38H,1H3,(H,40,41)(H,42,43). The topological polar surface area (TPSA) is 144 Å². The van der Waals surface area contributed by atoms with E-state index in [1.807, 2.05) is 55.5 Å². The number of phenols is 1. The second-order valence-corrected chi connectivity index (χ2v) is 11.8.